The Hall–Kier alpha value is -3.35. The number of Topliss-reactive ketones (excluding diaryl/α,β-unsaturated/α-hetero) is 2. The van der Waals surface area contributed by atoms with Crippen LogP contribution in [0.4, 0.5) is 0 Å². The van der Waals surface area contributed by atoms with Gasteiger partial charge in [-0.2, -0.15) is 5.10 Å². The van der Waals surface area contributed by atoms with E-state index in [1.165, 1.54) is 12.5 Å². The van der Waals surface area contributed by atoms with Gasteiger partial charge in [-0.1, -0.05) is 37.3 Å². The summed E-state index contributed by atoms with van der Waals surface area (Å²) in [6.45, 7) is 3.67. The summed E-state index contributed by atoms with van der Waals surface area (Å²) in [7, 11) is 0. The minimum atomic E-state index is -0.350. The van der Waals surface area contributed by atoms with Crippen LogP contribution in [0.25, 0.3) is 10.9 Å². The number of carbonyl (C=O) groups excluding carboxylic acids is 3. The Morgan fingerprint density at radius 1 is 1.12 bits per heavy atom. The Balaban J connectivity index is 1.19. The van der Waals surface area contributed by atoms with Gasteiger partial charge in [0.15, 0.2) is 11.6 Å². The molecule has 1 saturated heterocycles. The van der Waals surface area contributed by atoms with E-state index >= 15 is 0 Å². The number of ketones is 2. The summed E-state index contributed by atoms with van der Waals surface area (Å²) in [6.07, 6.45) is 6.50. The topological polar surface area (TPSA) is 85.2 Å². The first-order chi connectivity index (χ1) is 16.4. The normalized spacial score (nSPS) is 29.2. The molecule has 5 atom stereocenters. The van der Waals surface area contributed by atoms with Crippen molar-refractivity contribution in [2.24, 2.45) is 11.3 Å². The number of likely N-dealkylation sites (tertiary alicyclic amines) is 1. The quantitative estimate of drug-likeness (QED) is 0.505. The average Bonchev–Trinajstić information content (AvgIpc) is 3.65. The summed E-state index contributed by atoms with van der Waals surface area (Å²) >= 11 is 0. The van der Waals surface area contributed by atoms with E-state index in [0.29, 0.717) is 34.9 Å². The number of nitrogens with zero attached hydrogens (tertiary/aromatic N) is 4. The molecule has 7 nitrogen and oxygen atoms in total. The van der Waals surface area contributed by atoms with Gasteiger partial charge in [0, 0.05) is 31.0 Å². The minimum Gasteiger partial charge on any atom is -0.328 e. The second-order valence-electron chi connectivity index (χ2n) is 10.5. The Morgan fingerprint density at radius 2 is 1.91 bits per heavy atom. The monoisotopic (exact) mass is 456 g/mol. The van der Waals surface area contributed by atoms with Crippen molar-refractivity contribution in [3.05, 3.63) is 60.0 Å². The number of carbonyl (C=O) groups is 3. The summed E-state index contributed by atoms with van der Waals surface area (Å²) < 4.78 is 1.56. The van der Waals surface area contributed by atoms with Crippen molar-refractivity contribution < 1.29 is 14.4 Å². The number of aromatic nitrogens is 3. The number of pyridine rings is 1. The number of piperidine rings is 1. The Labute approximate surface area is 198 Å². The van der Waals surface area contributed by atoms with E-state index in [1.54, 1.807) is 23.1 Å². The van der Waals surface area contributed by atoms with Crippen molar-refractivity contribution in [1.82, 2.24) is 19.7 Å². The number of hydrogen-bond acceptors (Lipinski definition) is 5. The molecular weight excluding hydrogens is 428 g/mol. The summed E-state index contributed by atoms with van der Waals surface area (Å²) in [5, 5.41) is 5.11. The van der Waals surface area contributed by atoms with Gasteiger partial charge < -0.3 is 4.90 Å². The highest BCUT2D eigenvalue weighted by atomic mass is 16.2. The highest BCUT2D eigenvalue weighted by Crippen LogP contribution is 2.62. The highest BCUT2D eigenvalue weighted by molar-refractivity contribution is 6.04. The number of fused-ring (bicyclic) bond motifs is 2. The van der Waals surface area contributed by atoms with Crippen molar-refractivity contribution in [1.29, 1.82) is 0 Å². The number of amides is 1. The predicted octanol–water partition coefficient (Wildman–Crippen LogP) is 3.78. The molecule has 2 saturated carbocycles. The maximum atomic E-state index is 13.5. The van der Waals surface area contributed by atoms with Crippen LogP contribution in [0.3, 0.4) is 0 Å². The molecule has 3 fully saturated rings. The van der Waals surface area contributed by atoms with Crippen LogP contribution in [-0.2, 0) is 16.1 Å². The van der Waals surface area contributed by atoms with Crippen LogP contribution in [0, 0.1) is 11.3 Å². The lowest BCUT2D eigenvalue weighted by atomic mass is 9.91. The van der Waals surface area contributed by atoms with E-state index in [9.17, 15) is 14.4 Å². The number of rotatable bonds is 7. The van der Waals surface area contributed by atoms with Crippen molar-refractivity contribution in [3.8, 4) is 0 Å². The van der Waals surface area contributed by atoms with E-state index in [-0.39, 0.29) is 41.5 Å². The maximum Gasteiger partial charge on any atom is 0.245 e. The molecule has 1 amide bonds. The largest absolute Gasteiger partial charge is 0.328 e. The van der Waals surface area contributed by atoms with Gasteiger partial charge in [0.2, 0.25) is 5.91 Å². The average molecular weight is 457 g/mol. The number of hydrogen-bond donors (Lipinski definition) is 0. The van der Waals surface area contributed by atoms with Crippen molar-refractivity contribution in [2.45, 2.75) is 64.1 Å². The second-order valence-corrected chi connectivity index (χ2v) is 10.5. The summed E-state index contributed by atoms with van der Waals surface area (Å²) in [6, 6.07) is 11.9. The van der Waals surface area contributed by atoms with Gasteiger partial charge in [-0.15, -0.1) is 0 Å². The standard InChI is InChI=1S/C27H28N4O3/c1-16(32)26-19-8-9-28-14-23(19)30(29-26)15-25(34)31-21-10-18(21)11-22(31)24(33)13-27(2)12-20(27)17-6-4-3-5-7-17/h3-9,14,18,20-22H,10-13,15H2,1-2H3/t18-,20+,21-,22+,27+/m1/s1. The van der Waals surface area contributed by atoms with Gasteiger partial charge >= 0.3 is 0 Å². The Bertz CT molecular complexity index is 1320. The van der Waals surface area contributed by atoms with Gasteiger partial charge in [-0.05, 0) is 48.1 Å². The van der Waals surface area contributed by atoms with Crippen LogP contribution in [0.2, 0.25) is 0 Å². The fourth-order valence-corrected chi connectivity index (χ4v) is 6.04. The predicted molar refractivity (Wildman–Crippen MR) is 126 cm³/mol. The van der Waals surface area contributed by atoms with Gasteiger partial charge in [0.25, 0.3) is 0 Å². The lowest BCUT2D eigenvalue weighted by molar-refractivity contribution is -0.140. The Morgan fingerprint density at radius 3 is 2.68 bits per heavy atom. The molecule has 0 radical (unpaired) electrons. The van der Waals surface area contributed by atoms with Crippen LogP contribution >= 0.6 is 0 Å². The summed E-state index contributed by atoms with van der Waals surface area (Å²) in [4.78, 5) is 44.9. The molecule has 174 valence electrons. The summed E-state index contributed by atoms with van der Waals surface area (Å²) in [5.74, 6) is 0.763. The molecule has 6 rings (SSSR count). The molecule has 3 aromatic rings. The highest BCUT2D eigenvalue weighted by Gasteiger charge is 2.58. The molecule has 2 aromatic heterocycles. The van der Waals surface area contributed by atoms with Gasteiger partial charge in [-0.25, -0.2) is 0 Å². The zero-order chi connectivity index (χ0) is 23.6. The molecular formula is C27H28N4O3. The molecule has 0 bridgehead atoms. The SMILES string of the molecule is CC(=O)c1nn(CC(=O)N2[C@@H]3C[C@@H]3C[C@H]2C(=O)C[C@]2(C)C[C@H]2c2ccccc2)c2cnccc12. The first-order valence-corrected chi connectivity index (χ1v) is 12.1. The van der Waals surface area contributed by atoms with E-state index in [4.69, 9.17) is 0 Å². The third-order valence-electron chi connectivity index (χ3n) is 8.07. The smallest absolute Gasteiger partial charge is 0.245 e. The molecule has 3 heterocycles. The van der Waals surface area contributed by atoms with Crippen LogP contribution < -0.4 is 0 Å². The molecule has 7 heteroatoms. The maximum absolute atomic E-state index is 13.5. The van der Waals surface area contributed by atoms with Crippen molar-refractivity contribution >= 4 is 28.4 Å². The molecule has 1 aliphatic heterocycles. The van der Waals surface area contributed by atoms with Crippen LogP contribution in [0.1, 0.15) is 61.5 Å². The van der Waals surface area contributed by atoms with Crippen LogP contribution in [-0.4, -0.2) is 49.2 Å². The van der Waals surface area contributed by atoms with Crippen LogP contribution in [0.5, 0.6) is 0 Å². The fraction of sp³-hybridized carbons (Fsp3) is 0.444. The van der Waals surface area contributed by atoms with Gasteiger partial charge in [0.1, 0.15) is 12.2 Å². The van der Waals surface area contributed by atoms with E-state index in [0.717, 1.165) is 19.3 Å². The lowest BCUT2D eigenvalue weighted by Gasteiger charge is -2.28. The third kappa shape index (κ3) is 3.45. The van der Waals surface area contributed by atoms with Gasteiger partial charge in [-0.3, -0.25) is 24.0 Å². The molecule has 2 aliphatic carbocycles. The van der Waals surface area contributed by atoms with E-state index in [1.807, 2.05) is 23.1 Å². The molecule has 3 aliphatic rings. The fourth-order valence-electron chi connectivity index (χ4n) is 6.04. The molecule has 34 heavy (non-hydrogen) atoms. The first kappa shape index (κ1) is 21.2. The Kier molecular flexibility index (Phi) is 4.73. The van der Waals surface area contributed by atoms with Crippen molar-refractivity contribution in [2.75, 3.05) is 0 Å². The lowest BCUT2D eigenvalue weighted by Crippen LogP contribution is -2.45. The third-order valence-corrected chi connectivity index (χ3v) is 8.07. The zero-order valence-corrected chi connectivity index (χ0v) is 19.5. The molecule has 0 unspecified atom stereocenters. The zero-order valence-electron chi connectivity index (χ0n) is 19.5. The summed E-state index contributed by atoms with van der Waals surface area (Å²) in [5.41, 5.74) is 2.27. The minimum absolute atomic E-state index is 0.00633. The molecule has 1 aromatic carbocycles. The van der Waals surface area contributed by atoms with E-state index in [2.05, 4.69) is 29.1 Å². The first-order valence-electron chi connectivity index (χ1n) is 12.1. The van der Waals surface area contributed by atoms with Crippen LogP contribution in [0.15, 0.2) is 48.8 Å². The van der Waals surface area contributed by atoms with Gasteiger partial charge in [0.05, 0.1) is 17.8 Å². The molecule has 0 N–H and O–H groups in total. The van der Waals surface area contributed by atoms with Crippen molar-refractivity contribution in [3.63, 3.8) is 0 Å². The van der Waals surface area contributed by atoms with E-state index < -0.39 is 0 Å². The number of benzene rings is 1. The second kappa shape index (κ2) is 7.58. The molecule has 0 spiro atoms.